The van der Waals surface area contributed by atoms with Crippen LogP contribution in [-0.2, 0) is 13.1 Å². The molecule has 6 heteroatoms. The molecule has 2 aromatic carbocycles. The minimum absolute atomic E-state index is 0. The number of benzene rings is 2. The molecular formula is C18H20BrNO3S. The number of carboxylic acid groups (broad SMARTS) is 1. The molecule has 24 heavy (non-hydrogen) atoms. The predicted molar refractivity (Wildman–Crippen MR) is 102 cm³/mol. The lowest BCUT2D eigenvalue weighted by atomic mass is 10.1. The Hall–Kier alpha value is -1.50. The summed E-state index contributed by atoms with van der Waals surface area (Å²) in [4.78, 5) is 14.7. The minimum atomic E-state index is -0.881. The van der Waals surface area contributed by atoms with E-state index in [9.17, 15) is 4.79 Å². The summed E-state index contributed by atoms with van der Waals surface area (Å²) in [5.41, 5.74) is 2.64. The van der Waals surface area contributed by atoms with Crippen molar-refractivity contribution in [1.29, 1.82) is 0 Å². The van der Waals surface area contributed by atoms with Gasteiger partial charge in [-0.3, -0.25) is 4.90 Å². The summed E-state index contributed by atoms with van der Waals surface area (Å²) in [5, 5.41) is 9.12. The lowest BCUT2D eigenvalue weighted by Crippen LogP contribution is -2.24. The molecule has 0 unspecified atom stereocenters. The van der Waals surface area contributed by atoms with Crippen LogP contribution in [0.25, 0.3) is 0 Å². The standard InChI is InChI=1S/C18H19NO3S.BrH/c1-22-16-5-6-17-15(10-16)12-19(7-8-23-17)11-13-3-2-4-14(9-13)18(20)21;/h2-6,9-10H,7-8,11-12H2,1H3,(H,20,21);1H. The fraction of sp³-hybridized carbons (Fsp3) is 0.278. The molecule has 0 aromatic heterocycles. The smallest absolute Gasteiger partial charge is 0.335 e. The minimum Gasteiger partial charge on any atom is -0.497 e. The zero-order valence-corrected chi connectivity index (χ0v) is 15.9. The van der Waals surface area contributed by atoms with Crippen LogP contribution in [0.5, 0.6) is 5.75 Å². The number of hydrogen-bond acceptors (Lipinski definition) is 4. The Morgan fingerprint density at radius 3 is 2.88 bits per heavy atom. The molecule has 0 aliphatic carbocycles. The normalized spacial score (nSPS) is 14.2. The van der Waals surface area contributed by atoms with Crippen molar-refractivity contribution in [2.75, 3.05) is 19.4 Å². The van der Waals surface area contributed by atoms with Gasteiger partial charge in [0, 0.05) is 30.3 Å². The Kier molecular flexibility index (Phi) is 6.71. The summed E-state index contributed by atoms with van der Waals surface area (Å²) in [6.07, 6.45) is 0. The first kappa shape index (κ1) is 18.8. The topological polar surface area (TPSA) is 49.8 Å². The maximum Gasteiger partial charge on any atom is 0.335 e. The maximum atomic E-state index is 11.1. The van der Waals surface area contributed by atoms with Crippen molar-refractivity contribution in [3.8, 4) is 5.75 Å². The number of aromatic carboxylic acids is 1. The molecule has 128 valence electrons. The van der Waals surface area contributed by atoms with Crippen LogP contribution in [-0.4, -0.2) is 35.4 Å². The molecule has 4 nitrogen and oxygen atoms in total. The highest BCUT2D eigenvalue weighted by molar-refractivity contribution is 8.93. The number of fused-ring (bicyclic) bond motifs is 1. The van der Waals surface area contributed by atoms with Crippen LogP contribution in [0.1, 0.15) is 21.5 Å². The summed E-state index contributed by atoms with van der Waals surface area (Å²) < 4.78 is 5.32. The fourth-order valence-electron chi connectivity index (χ4n) is 2.75. The number of nitrogens with zero attached hydrogens (tertiary/aromatic N) is 1. The SMILES string of the molecule is Br.COc1ccc2c(c1)CN(Cc1cccc(C(=O)O)c1)CCS2. The monoisotopic (exact) mass is 409 g/mol. The van der Waals surface area contributed by atoms with Crippen LogP contribution in [0.2, 0.25) is 0 Å². The van der Waals surface area contributed by atoms with E-state index in [0.717, 1.165) is 36.7 Å². The van der Waals surface area contributed by atoms with Crippen molar-refractivity contribution in [3.05, 3.63) is 59.2 Å². The number of thioether (sulfide) groups is 1. The number of ether oxygens (including phenoxy) is 1. The molecule has 1 N–H and O–H groups in total. The van der Waals surface area contributed by atoms with Gasteiger partial charge >= 0.3 is 5.97 Å². The van der Waals surface area contributed by atoms with Gasteiger partial charge in [0.05, 0.1) is 12.7 Å². The molecule has 0 bridgehead atoms. The second-order valence-electron chi connectivity index (χ2n) is 5.54. The van der Waals surface area contributed by atoms with Crippen molar-refractivity contribution < 1.29 is 14.6 Å². The fourth-order valence-corrected chi connectivity index (χ4v) is 3.79. The van der Waals surface area contributed by atoms with E-state index in [2.05, 4.69) is 17.0 Å². The average molecular weight is 410 g/mol. The van der Waals surface area contributed by atoms with Gasteiger partial charge in [0.2, 0.25) is 0 Å². The second kappa shape index (κ2) is 8.55. The summed E-state index contributed by atoms with van der Waals surface area (Å²) >= 11 is 1.86. The first-order valence-electron chi connectivity index (χ1n) is 7.50. The average Bonchev–Trinajstić information content (AvgIpc) is 2.75. The van der Waals surface area contributed by atoms with E-state index in [1.165, 1.54) is 10.5 Å². The van der Waals surface area contributed by atoms with Crippen molar-refractivity contribution in [1.82, 2.24) is 4.90 Å². The molecule has 2 aromatic rings. The van der Waals surface area contributed by atoms with Gasteiger partial charge in [-0.15, -0.1) is 28.7 Å². The number of carbonyl (C=O) groups is 1. The van der Waals surface area contributed by atoms with Crippen molar-refractivity contribution in [3.63, 3.8) is 0 Å². The van der Waals surface area contributed by atoms with Gasteiger partial charge < -0.3 is 9.84 Å². The van der Waals surface area contributed by atoms with Gasteiger partial charge in [-0.25, -0.2) is 4.79 Å². The van der Waals surface area contributed by atoms with Crippen LogP contribution < -0.4 is 4.74 Å². The summed E-state index contributed by atoms with van der Waals surface area (Å²) in [6.45, 7) is 2.56. The van der Waals surface area contributed by atoms with Crippen LogP contribution >= 0.6 is 28.7 Å². The Morgan fingerprint density at radius 2 is 2.12 bits per heavy atom. The predicted octanol–water partition coefficient (Wildman–Crippen LogP) is 4.08. The highest BCUT2D eigenvalue weighted by atomic mass is 79.9. The Labute approximate surface area is 156 Å². The van der Waals surface area contributed by atoms with E-state index < -0.39 is 5.97 Å². The molecule has 0 amide bonds. The quantitative estimate of drug-likeness (QED) is 0.823. The van der Waals surface area contributed by atoms with E-state index in [0.29, 0.717) is 5.56 Å². The van der Waals surface area contributed by atoms with E-state index in [4.69, 9.17) is 9.84 Å². The third-order valence-corrected chi connectivity index (χ3v) is 5.00. The Morgan fingerprint density at radius 1 is 1.29 bits per heavy atom. The zero-order valence-electron chi connectivity index (χ0n) is 13.4. The van der Waals surface area contributed by atoms with Gasteiger partial charge in [-0.05, 0) is 41.5 Å². The Bertz CT molecular complexity index is 723. The van der Waals surface area contributed by atoms with Crippen LogP contribution in [0.3, 0.4) is 0 Å². The van der Waals surface area contributed by atoms with Gasteiger partial charge in [-0.2, -0.15) is 0 Å². The molecule has 0 radical (unpaired) electrons. The molecule has 0 spiro atoms. The van der Waals surface area contributed by atoms with E-state index in [1.54, 1.807) is 19.2 Å². The summed E-state index contributed by atoms with van der Waals surface area (Å²) in [7, 11) is 1.68. The lowest BCUT2D eigenvalue weighted by Gasteiger charge is -2.20. The van der Waals surface area contributed by atoms with Crippen LogP contribution in [0.4, 0.5) is 0 Å². The highest BCUT2D eigenvalue weighted by Gasteiger charge is 2.16. The number of halogens is 1. The van der Waals surface area contributed by atoms with Crippen molar-refractivity contribution >= 4 is 34.7 Å². The van der Waals surface area contributed by atoms with E-state index in [1.807, 2.05) is 30.0 Å². The van der Waals surface area contributed by atoms with Gasteiger partial charge in [0.1, 0.15) is 5.75 Å². The van der Waals surface area contributed by atoms with Crippen LogP contribution in [0.15, 0.2) is 47.4 Å². The number of methoxy groups -OCH3 is 1. The zero-order chi connectivity index (χ0) is 16.2. The van der Waals surface area contributed by atoms with Gasteiger partial charge in [0.15, 0.2) is 0 Å². The third kappa shape index (κ3) is 4.53. The first-order valence-corrected chi connectivity index (χ1v) is 8.48. The highest BCUT2D eigenvalue weighted by Crippen LogP contribution is 2.30. The summed E-state index contributed by atoms with van der Waals surface area (Å²) in [5.74, 6) is 1.02. The molecule has 1 aliphatic heterocycles. The number of hydrogen-bond donors (Lipinski definition) is 1. The molecule has 1 aliphatic rings. The maximum absolute atomic E-state index is 11.1. The van der Waals surface area contributed by atoms with Crippen molar-refractivity contribution in [2.24, 2.45) is 0 Å². The van der Waals surface area contributed by atoms with Crippen molar-refractivity contribution in [2.45, 2.75) is 18.0 Å². The van der Waals surface area contributed by atoms with Gasteiger partial charge in [-0.1, -0.05) is 12.1 Å². The first-order chi connectivity index (χ1) is 11.2. The largest absolute Gasteiger partial charge is 0.497 e. The molecule has 3 rings (SSSR count). The third-order valence-electron chi connectivity index (χ3n) is 3.91. The molecular weight excluding hydrogens is 390 g/mol. The van der Waals surface area contributed by atoms with Gasteiger partial charge in [0.25, 0.3) is 0 Å². The van der Waals surface area contributed by atoms with E-state index in [-0.39, 0.29) is 17.0 Å². The second-order valence-corrected chi connectivity index (χ2v) is 6.68. The summed E-state index contributed by atoms with van der Waals surface area (Å²) in [6, 6.07) is 13.4. The molecule has 0 fully saturated rings. The van der Waals surface area contributed by atoms with E-state index >= 15 is 0 Å². The Balaban J connectivity index is 0.00000208. The van der Waals surface area contributed by atoms with Crippen LogP contribution in [0, 0.1) is 0 Å². The lowest BCUT2D eigenvalue weighted by molar-refractivity contribution is 0.0696. The number of carboxylic acids is 1. The molecule has 0 saturated heterocycles. The molecule has 0 saturated carbocycles. The molecule has 0 atom stereocenters. The molecule has 1 heterocycles. The number of rotatable bonds is 4.